The summed E-state index contributed by atoms with van der Waals surface area (Å²) in [7, 11) is 2.12. The molecule has 0 heterocycles. The molecule has 0 spiro atoms. The third-order valence-electron chi connectivity index (χ3n) is 2.37. The molecule has 70 valence electrons. The Hall–Kier alpha value is 0.394. The normalized spacial score (nSPS) is 16.5. The quantitative estimate of drug-likeness (QED) is 0.593. The van der Waals surface area contributed by atoms with Crippen molar-refractivity contribution in [2.24, 2.45) is 0 Å². The lowest BCUT2D eigenvalue weighted by Gasteiger charge is -2.33. The molecule has 0 amide bonds. The van der Waals surface area contributed by atoms with Crippen LogP contribution in [-0.2, 0) is 0 Å². The molecule has 3 heteroatoms. The molecule has 1 nitrogen and oxygen atoms in total. The molecule has 0 saturated heterocycles. The Morgan fingerprint density at radius 2 is 1.50 bits per heavy atom. The highest BCUT2D eigenvalue weighted by Crippen LogP contribution is 2.09. The van der Waals surface area contributed by atoms with E-state index >= 15 is 0 Å². The summed E-state index contributed by atoms with van der Waals surface area (Å²) in [6, 6.07) is 1.54. The predicted octanol–water partition coefficient (Wildman–Crippen LogP) is 2.17. The second kappa shape index (κ2) is 6.86. The third kappa shape index (κ3) is 3.87. The first-order valence-corrected chi connectivity index (χ1v) is 8.32. The Kier molecular flexibility index (Phi) is 7.09. The van der Waals surface area contributed by atoms with E-state index in [-0.39, 0.29) is 0 Å². The molecule has 2 atom stereocenters. The molecular formula is C9H21NSi2. The lowest BCUT2D eigenvalue weighted by molar-refractivity contribution is 0.273. The van der Waals surface area contributed by atoms with Gasteiger partial charge in [-0.25, -0.2) is 0 Å². The zero-order valence-electron chi connectivity index (χ0n) is 9.02. The van der Waals surface area contributed by atoms with Gasteiger partial charge in [0.05, 0.1) is 0 Å². The predicted molar refractivity (Wildman–Crippen MR) is 58.7 cm³/mol. The van der Waals surface area contributed by atoms with Crippen LogP contribution in [0.1, 0.15) is 40.5 Å². The first kappa shape index (κ1) is 12.4. The number of rotatable bonds is 6. The van der Waals surface area contributed by atoms with Crippen LogP contribution < -0.4 is 0 Å². The average Bonchev–Trinajstić information content (AvgIpc) is 2.11. The molecule has 0 rings (SSSR count). The van der Waals surface area contributed by atoms with Gasteiger partial charge in [0.25, 0.3) is 0 Å². The largest absolute Gasteiger partial charge is 0.323 e. The molecule has 0 aliphatic rings. The number of nitrogens with zero attached hydrogens (tertiary/aromatic N) is 1. The summed E-state index contributed by atoms with van der Waals surface area (Å²) in [6.07, 6.45) is 2.56. The van der Waals surface area contributed by atoms with E-state index in [4.69, 9.17) is 0 Å². The van der Waals surface area contributed by atoms with Gasteiger partial charge in [0, 0.05) is 9.04 Å². The van der Waals surface area contributed by atoms with Crippen molar-refractivity contribution in [3.8, 4) is 0 Å². The molecule has 0 aromatic carbocycles. The van der Waals surface area contributed by atoms with E-state index in [0.717, 1.165) is 30.3 Å². The van der Waals surface area contributed by atoms with Gasteiger partial charge in [-0.2, -0.15) is 0 Å². The number of hydrogen-bond acceptors (Lipinski definition) is 1. The van der Waals surface area contributed by atoms with Gasteiger partial charge in [-0.05, 0) is 24.9 Å². The van der Waals surface area contributed by atoms with Gasteiger partial charge >= 0.3 is 0 Å². The van der Waals surface area contributed by atoms with Gasteiger partial charge in [0.1, 0.15) is 9.20 Å². The lowest BCUT2D eigenvalue weighted by atomic mass is 10.2. The topological polar surface area (TPSA) is 3.24 Å². The second-order valence-corrected chi connectivity index (χ2v) is 6.69. The van der Waals surface area contributed by atoms with Gasteiger partial charge in [-0.15, -0.1) is 0 Å². The first-order chi connectivity index (χ1) is 5.67. The molecular weight excluding hydrogens is 178 g/mol. The highest BCUT2D eigenvalue weighted by Gasteiger charge is 2.16. The fourth-order valence-corrected chi connectivity index (χ4v) is 4.34. The van der Waals surface area contributed by atoms with Gasteiger partial charge in [0.15, 0.2) is 0 Å². The fourth-order valence-electron chi connectivity index (χ4n) is 1.18. The van der Waals surface area contributed by atoms with Crippen molar-refractivity contribution in [1.29, 1.82) is 0 Å². The molecule has 0 aromatic heterocycles. The van der Waals surface area contributed by atoms with E-state index in [1.165, 1.54) is 12.8 Å². The van der Waals surface area contributed by atoms with E-state index in [0.29, 0.717) is 0 Å². The van der Waals surface area contributed by atoms with Crippen LogP contribution in [0.4, 0.5) is 0 Å². The van der Waals surface area contributed by atoms with Crippen molar-refractivity contribution in [3.63, 3.8) is 0 Å². The van der Waals surface area contributed by atoms with Crippen LogP contribution in [0, 0.1) is 0 Å². The minimum absolute atomic E-state index is 0.769. The molecule has 4 radical (unpaired) electrons. The minimum atomic E-state index is 0.769. The Labute approximate surface area is 82.4 Å². The molecule has 0 aromatic rings. The van der Waals surface area contributed by atoms with Crippen LogP contribution in [0.15, 0.2) is 0 Å². The third-order valence-corrected chi connectivity index (χ3v) is 5.18. The van der Waals surface area contributed by atoms with Crippen molar-refractivity contribution in [2.75, 3.05) is 0 Å². The summed E-state index contributed by atoms with van der Waals surface area (Å²) >= 11 is 0. The van der Waals surface area contributed by atoms with Gasteiger partial charge in [0.2, 0.25) is 0 Å². The summed E-state index contributed by atoms with van der Waals surface area (Å²) in [6.45, 7) is 11.6. The molecule has 0 bridgehead atoms. The maximum Gasteiger partial charge on any atom is 0.121 e. The van der Waals surface area contributed by atoms with Crippen LogP contribution in [0.3, 0.4) is 0 Å². The number of hydrogen-bond donors (Lipinski definition) is 0. The lowest BCUT2D eigenvalue weighted by Crippen LogP contribution is -2.44. The van der Waals surface area contributed by atoms with E-state index < -0.39 is 0 Å². The van der Waals surface area contributed by atoms with Crippen LogP contribution in [0.25, 0.3) is 0 Å². The highest BCUT2D eigenvalue weighted by atomic mass is 29.1. The summed E-state index contributed by atoms with van der Waals surface area (Å²) in [5.41, 5.74) is 0. The Balaban J connectivity index is 4.01. The maximum absolute atomic E-state index is 2.67. The molecule has 2 unspecified atom stereocenters. The average molecular weight is 199 g/mol. The molecule has 0 N–H and O–H groups in total. The zero-order valence-corrected chi connectivity index (χ0v) is 11.0. The standard InChI is InChI=1S/C9H21NSi2/c1-6-8(3)10(12-11-5)9(4)7-2/h8-9H,6-7H2,1-5H3. The molecule has 0 aliphatic carbocycles. The summed E-state index contributed by atoms with van der Waals surface area (Å²) < 4.78 is 2.67. The van der Waals surface area contributed by atoms with E-state index in [1.807, 2.05) is 0 Å². The Morgan fingerprint density at radius 3 is 1.75 bits per heavy atom. The monoisotopic (exact) mass is 199 g/mol. The van der Waals surface area contributed by atoms with Gasteiger partial charge in [-0.3, -0.25) is 0 Å². The van der Waals surface area contributed by atoms with Crippen LogP contribution >= 0.6 is 0 Å². The second-order valence-electron chi connectivity index (χ2n) is 3.28. The summed E-state index contributed by atoms with van der Waals surface area (Å²) in [5.74, 6) is 0. The minimum Gasteiger partial charge on any atom is -0.323 e. The molecule has 0 fully saturated rings. The van der Waals surface area contributed by atoms with E-state index in [1.54, 1.807) is 0 Å². The van der Waals surface area contributed by atoms with Crippen LogP contribution in [-0.4, -0.2) is 34.9 Å². The molecule has 0 saturated carbocycles. The fraction of sp³-hybridized carbons (Fsp3) is 1.00. The first-order valence-electron chi connectivity index (χ1n) is 4.88. The van der Waals surface area contributed by atoms with E-state index in [2.05, 4.69) is 38.8 Å². The maximum atomic E-state index is 2.67. The smallest absolute Gasteiger partial charge is 0.121 e. The van der Waals surface area contributed by atoms with Crippen molar-refractivity contribution >= 4 is 18.2 Å². The molecule has 12 heavy (non-hydrogen) atoms. The van der Waals surface area contributed by atoms with Crippen LogP contribution in [0.5, 0.6) is 0 Å². The summed E-state index contributed by atoms with van der Waals surface area (Å²) in [5, 5.41) is 0. The summed E-state index contributed by atoms with van der Waals surface area (Å²) in [4.78, 5) is 0. The van der Waals surface area contributed by atoms with Crippen molar-refractivity contribution < 1.29 is 0 Å². The zero-order chi connectivity index (χ0) is 9.56. The Morgan fingerprint density at radius 1 is 1.08 bits per heavy atom. The Bertz CT molecular complexity index is 98.7. The van der Waals surface area contributed by atoms with Crippen LogP contribution in [0.2, 0.25) is 6.55 Å². The van der Waals surface area contributed by atoms with Crippen molar-refractivity contribution in [2.45, 2.75) is 59.2 Å². The van der Waals surface area contributed by atoms with Crippen molar-refractivity contribution in [1.82, 2.24) is 4.57 Å². The van der Waals surface area contributed by atoms with E-state index in [9.17, 15) is 0 Å². The van der Waals surface area contributed by atoms with Gasteiger partial charge < -0.3 is 4.57 Å². The SMILES string of the molecule is CCC(C)N([Si][Si]C)C(C)CC. The molecule has 0 aliphatic heterocycles. The highest BCUT2D eigenvalue weighted by molar-refractivity contribution is 6.98. The van der Waals surface area contributed by atoms with Crippen molar-refractivity contribution in [3.05, 3.63) is 0 Å². The van der Waals surface area contributed by atoms with Gasteiger partial charge in [-0.1, -0.05) is 34.2 Å².